The number of esters is 1. The molecule has 21 heavy (non-hydrogen) atoms. The number of carbonyl (C=O) groups is 1. The molecule has 114 valence electrons. The minimum Gasteiger partial charge on any atom is -0.493 e. The Morgan fingerprint density at radius 2 is 2.14 bits per heavy atom. The molecule has 4 nitrogen and oxygen atoms in total. The average Bonchev–Trinajstić information content (AvgIpc) is 3.32. The maximum absolute atomic E-state index is 11.8. The van der Waals surface area contributed by atoms with Crippen molar-refractivity contribution in [1.82, 2.24) is 4.90 Å². The van der Waals surface area contributed by atoms with Crippen LogP contribution in [0.5, 0.6) is 5.75 Å². The highest BCUT2D eigenvalue weighted by Gasteiger charge is 2.33. The van der Waals surface area contributed by atoms with Gasteiger partial charge >= 0.3 is 5.97 Å². The van der Waals surface area contributed by atoms with Gasteiger partial charge in [-0.25, -0.2) is 0 Å². The van der Waals surface area contributed by atoms with Crippen molar-refractivity contribution in [3.8, 4) is 5.75 Å². The molecule has 0 spiro atoms. The first-order valence-corrected chi connectivity index (χ1v) is 7.89. The van der Waals surface area contributed by atoms with Gasteiger partial charge in [-0.15, -0.1) is 0 Å². The van der Waals surface area contributed by atoms with E-state index in [9.17, 15) is 4.79 Å². The summed E-state index contributed by atoms with van der Waals surface area (Å²) in [6.45, 7) is 4.41. The molecule has 1 fully saturated rings. The molecule has 0 saturated heterocycles. The second-order valence-corrected chi connectivity index (χ2v) is 5.84. The molecule has 1 saturated carbocycles. The number of ether oxygens (including phenoxy) is 2. The van der Waals surface area contributed by atoms with Crippen LogP contribution >= 0.6 is 0 Å². The fourth-order valence-corrected chi connectivity index (χ4v) is 3.04. The van der Waals surface area contributed by atoms with Crippen LogP contribution in [0.15, 0.2) is 24.3 Å². The highest BCUT2D eigenvalue weighted by molar-refractivity contribution is 5.71. The summed E-state index contributed by atoms with van der Waals surface area (Å²) in [6, 6.07) is 8.82. The summed E-state index contributed by atoms with van der Waals surface area (Å²) in [7, 11) is 0. The van der Waals surface area contributed by atoms with E-state index in [1.54, 1.807) is 0 Å². The summed E-state index contributed by atoms with van der Waals surface area (Å²) < 4.78 is 10.8. The number of hydrogen-bond acceptors (Lipinski definition) is 4. The van der Waals surface area contributed by atoms with Crippen molar-refractivity contribution in [3.63, 3.8) is 0 Å². The molecule has 1 unspecified atom stereocenters. The number of carbonyl (C=O) groups excluding carboxylic acids is 1. The van der Waals surface area contributed by atoms with Crippen molar-refractivity contribution in [2.45, 2.75) is 38.1 Å². The molecular formula is C17H23NO3. The van der Waals surface area contributed by atoms with Crippen molar-refractivity contribution in [2.24, 2.45) is 0 Å². The SMILES string of the molecule is CCOC(=O)CN(CC1CCOc2ccccc21)C1CC1. The van der Waals surface area contributed by atoms with E-state index in [1.807, 2.05) is 19.1 Å². The van der Waals surface area contributed by atoms with Gasteiger partial charge in [0.15, 0.2) is 0 Å². The maximum Gasteiger partial charge on any atom is 0.320 e. The number of rotatable bonds is 6. The van der Waals surface area contributed by atoms with Crippen LogP contribution in [-0.4, -0.2) is 43.2 Å². The van der Waals surface area contributed by atoms with Crippen molar-refractivity contribution in [3.05, 3.63) is 29.8 Å². The molecule has 0 bridgehead atoms. The number of nitrogens with zero attached hydrogens (tertiary/aromatic N) is 1. The summed E-state index contributed by atoms with van der Waals surface area (Å²) in [5.74, 6) is 1.34. The molecule has 3 rings (SSSR count). The van der Waals surface area contributed by atoms with E-state index in [1.165, 1.54) is 18.4 Å². The zero-order valence-electron chi connectivity index (χ0n) is 12.6. The van der Waals surface area contributed by atoms with E-state index < -0.39 is 0 Å². The Kier molecular flexibility index (Phi) is 4.44. The van der Waals surface area contributed by atoms with Crippen molar-refractivity contribution in [1.29, 1.82) is 0 Å². The number of fused-ring (bicyclic) bond motifs is 1. The van der Waals surface area contributed by atoms with Gasteiger partial charge in [-0.3, -0.25) is 9.69 Å². The lowest BCUT2D eigenvalue weighted by Crippen LogP contribution is -2.37. The summed E-state index contributed by atoms with van der Waals surface area (Å²) in [5.41, 5.74) is 1.28. The molecule has 2 aliphatic rings. The Balaban J connectivity index is 1.67. The Morgan fingerprint density at radius 3 is 2.90 bits per heavy atom. The lowest BCUT2D eigenvalue weighted by atomic mass is 9.92. The van der Waals surface area contributed by atoms with Crippen LogP contribution in [0, 0.1) is 0 Å². The van der Waals surface area contributed by atoms with E-state index >= 15 is 0 Å². The average molecular weight is 289 g/mol. The molecule has 0 aromatic heterocycles. The molecule has 1 atom stereocenters. The smallest absolute Gasteiger partial charge is 0.320 e. The van der Waals surface area contributed by atoms with E-state index in [4.69, 9.17) is 9.47 Å². The van der Waals surface area contributed by atoms with Gasteiger partial charge in [-0.05, 0) is 37.8 Å². The van der Waals surface area contributed by atoms with Gasteiger partial charge in [0, 0.05) is 18.5 Å². The first kappa shape index (κ1) is 14.4. The third-order valence-electron chi connectivity index (χ3n) is 4.24. The van der Waals surface area contributed by atoms with Crippen molar-refractivity contribution >= 4 is 5.97 Å². The topological polar surface area (TPSA) is 38.8 Å². The first-order chi connectivity index (χ1) is 10.3. The molecular weight excluding hydrogens is 266 g/mol. The molecule has 4 heteroatoms. The molecule has 1 aliphatic carbocycles. The Labute approximate surface area is 126 Å². The molecule has 0 radical (unpaired) electrons. The fourth-order valence-electron chi connectivity index (χ4n) is 3.04. The van der Waals surface area contributed by atoms with Crippen LogP contribution in [0.2, 0.25) is 0 Å². The second kappa shape index (κ2) is 6.48. The zero-order valence-corrected chi connectivity index (χ0v) is 12.6. The minimum atomic E-state index is -0.107. The minimum absolute atomic E-state index is 0.107. The predicted octanol–water partition coefficient (Wildman–Crippen LogP) is 2.58. The number of benzene rings is 1. The summed E-state index contributed by atoms with van der Waals surface area (Å²) in [4.78, 5) is 14.1. The Bertz CT molecular complexity index is 499. The van der Waals surface area contributed by atoms with Gasteiger partial charge in [0.05, 0.1) is 19.8 Å². The monoisotopic (exact) mass is 289 g/mol. The van der Waals surface area contributed by atoms with Gasteiger partial charge in [0.2, 0.25) is 0 Å². The van der Waals surface area contributed by atoms with E-state index in [0.29, 0.717) is 25.1 Å². The lowest BCUT2D eigenvalue weighted by molar-refractivity contribution is -0.144. The maximum atomic E-state index is 11.8. The summed E-state index contributed by atoms with van der Waals surface area (Å²) in [5, 5.41) is 0. The molecule has 0 N–H and O–H groups in total. The van der Waals surface area contributed by atoms with E-state index in [-0.39, 0.29) is 5.97 Å². The number of hydrogen-bond donors (Lipinski definition) is 0. The van der Waals surface area contributed by atoms with Gasteiger partial charge < -0.3 is 9.47 Å². The van der Waals surface area contributed by atoms with E-state index in [0.717, 1.165) is 25.3 Å². The molecule has 1 heterocycles. The normalized spacial score (nSPS) is 20.8. The third kappa shape index (κ3) is 3.56. The van der Waals surface area contributed by atoms with Crippen LogP contribution in [0.25, 0.3) is 0 Å². The third-order valence-corrected chi connectivity index (χ3v) is 4.24. The van der Waals surface area contributed by atoms with Crippen LogP contribution in [0.4, 0.5) is 0 Å². The largest absolute Gasteiger partial charge is 0.493 e. The Morgan fingerprint density at radius 1 is 1.33 bits per heavy atom. The van der Waals surface area contributed by atoms with Gasteiger partial charge in [0.1, 0.15) is 5.75 Å². The van der Waals surface area contributed by atoms with Gasteiger partial charge in [-0.2, -0.15) is 0 Å². The van der Waals surface area contributed by atoms with Crippen LogP contribution < -0.4 is 4.74 Å². The van der Waals surface area contributed by atoms with Crippen LogP contribution in [0.3, 0.4) is 0 Å². The van der Waals surface area contributed by atoms with Gasteiger partial charge in [0.25, 0.3) is 0 Å². The van der Waals surface area contributed by atoms with Crippen molar-refractivity contribution in [2.75, 3.05) is 26.3 Å². The molecule has 0 amide bonds. The van der Waals surface area contributed by atoms with Gasteiger partial charge in [-0.1, -0.05) is 18.2 Å². The zero-order chi connectivity index (χ0) is 14.7. The number of para-hydroxylation sites is 1. The summed E-state index contributed by atoms with van der Waals surface area (Å²) >= 11 is 0. The lowest BCUT2D eigenvalue weighted by Gasteiger charge is -2.31. The fraction of sp³-hybridized carbons (Fsp3) is 0.588. The van der Waals surface area contributed by atoms with Crippen LogP contribution in [0.1, 0.15) is 37.7 Å². The van der Waals surface area contributed by atoms with Crippen LogP contribution in [-0.2, 0) is 9.53 Å². The van der Waals surface area contributed by atoms with Crippen molar-refractivity contribution < 1.29 is 14.3 Å². The first-order valence-electron chi connectivity index (χ1n) is 7.89. The highest BCUT2D eigenvalue weighted by atomic mass is 16.5. The standard InChI is InChI=1S/C17H23NO3/c1-2-20-17(19)12-18(14-7-8-14)11-13-9-10-21-16-6-4-3-5-15(13)16/h3-6,13-14H,2,7-12H2,1H3. The molecule has 1 aliphatic heterocycles. The molecule has 1 aromatic carbocycles. The summed E-state index contributed by atoms with van der Waals surface area (Å²) in [6.07, 6.45) is 3.41. The highest BCUT2D eigenvalue weighted by Crippen LogP contribution is 2.36. The quantitative estimate of drug-likeness (QED) is 0.755. The second-order valence-electron chi connectivity index (χ2n) is 5.84. The molecule has 1 aromatic rings. The predicted molar refractivity (Wildman–Crippen MR) is 80.5 cm³/mol. The Hall–Kier alpha value is -1.55. The van der Waals surface area contributed by atoms with E-state index in [2.05, 4.69) is 17.0 Å².